The topological polar surface area (TPSA) is 67.2 Å². The summed E-state index contributed by atoms with van der Waals surface area (Å²) in [4.78, 5) is 25.1. The summed E-state index contributed by atoms with van der Waals surface area (Å²) in [5, 5.41) is 4.02. The summed E-state index contributed by atoms with van der Waals surface area (Å²) >= 11 is 0. The van der Waals surface area contributed by atoms with Crippen LogP contribution >= 0.6 is 0 Å². The van der Waals surface area contributed by atoms with Gasteiger partial charge in [0.15, 0.2) is 0 Å². The molecule has 0 saturated carbocycles. The Bertz CT molecular complexity index is 673. The number of nitrogens with zero attached hydrogens (tertiary/aromatic N) is 6. The Morgan fingerprint density at radius 3 is 2.50 bits per heavy atom. The number of aromatic nitrogens is 4. The molecule has 1 saturated heterocycles. The minimum absolute atomic E-state index is 0.0621. The molecule has 0 atom stereocenters. The number of pyridine rings is 1. The monoisotopic (exact) mass is 328 g/mol. The molecule has 128 valence electrons. The fourth-order valence-corrected chi connectivity index (χ4v) is 2.97. The first kappa shape index (κ1) is 16.4. The molecule has 1 amide bonds. The van der Waals surface area contributed by atoms with Gasteiger partial charge in [-0.25, -0.2) is 9.97 Å². The largest absolute Gasteiger partial charge is 0.357 e. The van der Waals surface area contributed by atoms with Gasteiger partial charge < -0.3 is 9.80 Å². The van der Waals surface area contributed by atoms with Crippen LogP contribution in [-0.4, -0.2) is 50.7 Å². The average Bonchev–Trinajstić information content (AvgIpc) is 2.85. The first-order valence-electron chi connectivity index (χ1n) is 8.44. The molecule has 0 N–H and O–H groups in total. The molecule has 2 aromatic rings. The highest BCUT2D eigenvalue weighted by atomic mass is 16.2. The molecule has 3 heterocycles. The van der Waals surface area contributed by atoms with E-state index in [1.165, 1.54) is 32.0 Å². The molecule has 0 radical (unpaired) electrons. The van der Waals surface area contributed by atoms with Crippen molar-refractivity contribution in [3.05, 3.63) is 36.0 Å². The Morgan fingerprint density at radius 2 is 1.92 bits per heavy atom. The van der Waals surface area contributed by atoms with Crippen LogP contribution in [0.15, 0.2) is 24.7 Å². The molecule has 0 bridgehead atoms. The molecule has 3 rings (SSSR count). The number of rotatable bonds is 4. The maximum Gasteiger partial charge on any atom is 0.255 e. The number of carbonyl (C=O) groups is 1. The van der Waals surface area contributed by atoms with Crippen LogP contribution in [0.3, 0.4) is 0 Å². The van der Waals surface area contributed by atoms with Crippen molar-refractivity contribution >= 4 is 11.7 Å². The summed E-state index contributed by atoms with van der Waals surface area (Å²) in [5.41, 5.74) is 0.596. The molecule has 7 heteroatoms. The predicted octanol–water partition coefficient (Wildman–Crippen LogP) is 1.86. The zero-order chi connectivity index (χ0) is 16.9. The third-order valence-electron chi connectivity index (χ3n) is 4.46. The van der Waals surface area contributed by atoms with E-state index in [2.05, 4.69) is 20.0 Å². The number of aryl methyl sites for hydroxylation is 1. The van der Waals surface area contributed by atoms with Crippen molar-refractivity contribution < 1.29 is 4.79 Å². The van der Waals surface area contributed by atoms with Gasteiger partial charge in [-0.15, -0.1) is 0 Å². The van der Waals surface area contributed by atoms with Crippen molar-refractivity contribution in [3.63, 3.8) is 0 Å². The van der Waals surface area contributed by atoms with Crippen LogP contribution in [0.4, 0.5) is 5.82 Å². The van der Waals surface area contributed by atoms with Gasteiger partial charge in [0.1, 0.15) is 18.0 Å². The summed E-state index contributed by atoms with van der Waals surface area (Å²) in [6.07, 6.45) is 8.17. The predicted molar refractivity (Wildman–Crippen MR) is 91.7 cm³/mol. The molecule has 1 aliphatic rings. The van der Waals surface area contributed by atoms with Gasteiger partial charge in [0.2, 0.25) is 0 Å². The number of anilines is 1. The SMILES string of the molecule is CN(Cc1ncnn1C)C(=O)c1ccc(N2CCCCCC2)nc1. The summed E-state index contributed by atoms with van der Waals surface area (Å²) in [7, 11) is 3.58. The molecule has 1 aliphatic heterocycles. The maximum absolute atomic E-state index is 12.5. The second-order valence-electron chi connectivity index (χ2n) is 6.27. The Balaban J connectivity index is 1.65. The lowest BCUT2D eigenvalue weighted by molar-refractivity contribution is 0.0780. The molecule has 24 heavy (non-hydrogen) atoms. The fraction of sp³-hybridized carbons (Fsp3) is 0.529. The number of hydrogen-bond donors (Lipinski definition) is 0. The first-order valence-corrected chi connectivity index (χ1v) is 8.44. The number of hydrogen-bond acceptors (Lipinski definition) is 5. The van der Waals surface area contributed by atoms with E-state index in [1.807, 2.05) is 19.2 Å². The van der Waals surface area contributed by atoms with Crippen LogP contribution in [0.1, 0.15) is 41.9 Å². The first-order chi connectivity index (χ1) is 11.6. The highest BCUT2D eigenvalue weighted by Crippen LogP contribution is 2.18. The van der Waals surface area contributed by atoms with Gasteiger partial charge in [-0.3, -0.25) is 9.48 Å². The molecular formula is C17H24N6O. The van der Waals surface area contributed by atoms with E-state index in [1.54, 1.807) is 22.8 Å². The second-order valence-corrected chi connectivity index (χ2v) is 6.27. The zero-order valence-corrected chi connectivity index (χ0v) is 14.4. The van der Waals surface area contributed by atoms with Crippen LogP contribution in [0.2, 0.25) is 0 Å². The van der Waals surface area contributed by atoms with Crippen molar-refractivity contribution in [2.75, 3.05) is 25.0 Å². The van der Waals surface area contributed by atoms with Gasteiger partial charge in [0, 0.05) is 33.4 Å². The molecule has 0 unspecified atom stereocenters. The summed E-state index contributed by atoms with van der Waals surface area (Å²) in [5.74, 6) is 1.65. The van der Waals surface area contributed by atoms with Gasteiger partial charge in [0.25, 0.3) is 5.91 Å². The van der Waals surface area contributed by atoms with Crippen molar-refractivity contribution in [1.29, 1.82) is 0 Å². The number of carbonyl (C=O) groups excluding carboxylic acids is 1. The minimum atomic E-state index is -0.0621. The highest BCUT2D eigenvalue weighted by molar-refractivity contribution is 5.93. The second kappa shape index (κ2) is 7.42. The molecule has 2 aromatic heterocycles. The minimum Gasteiger partial charge on any atom is -0.357 e. The molecule has 1 fully saturated rings. The van der Waals surface area contributed by atoms with E-state index in [4.69, 9.17) is 0 Å². The Morgan fingerprint density at radius 1 is 1.17 bits per heavy atom. The van der Waals surface area contributed by atoms with Crippen molar-refractivity contribution in [1.82, 2.24) is 24.6 Å². The Hall–Kier alpha value is -2.44. The normalized spacial score (nSPS) is 15.2. The average molecular weight is 328 g/mol. The fourth-order valence-electron chi connectivity index (χ4n) is 2.97. The van der Waals surface area contributed by atoms with Crippen molar-refractivity contribution in [3.8, 4) is 0 Å². The smallest absolute Gasteiger partial charge is 0.255 e. The van der Waals surface area contributed by atoms with E-state index >= 15 is 0 Å². The van der Waals surface area contributed by atoms with Crippen molar-refractivity contribution in [2.45, 2.75) is 32.2 Å². The van der Waals surface area contributed by atoms with Gasteiger partial charge >= 0.3 is 0 Å². The molecule has 0 aromatic carbocycles. The zero-order valence-electron chi connectivity index (χ0n) is 14.4. The standard InChI is InChI=1S/C17H24N6O/c1-21(12-16-19-13-20-22(16)2)17(24)14-7-8-15(18-11-14)23-9-5-3-4-6-10-23/h7-8,11,13H,3-6,9-10,12H2,1-2H3. The van der Waals surface area contributed by atoms with Crippen LogP contribution in [0.5, 0.6) is 0 Å². The summed E-state index contributed by atoms with van der Waals surface area (Å²) < 4.78 is 1.67. The van der Waals surface area contributed by atoms with E-state index in [-0.39, 0.29) is 5.91 Å². The molecule has 0 spiro atoms. The Labute approximate surface area is 142 Å². The van der Waals surface area contributed by atoms with Crippen LogP contribution in [0, 0.1) is 0 Å². The Kier molecular flexibility index (Phi) is 5.08. The lowest BCUT2D eigenvalue weighted by Crippen LogP contribution is -2.28. The van der Waals surface area contributed by atoms with Crippen LogP contribution < -0.4 is 4.90 Å². The quantitative estimate of drug-likeness (QED) is 0.857. The van der Waals surface area contributed by atoms with E-state index in [0.29, 0.717) is 12.1 Å². The van der Waals surface area contributed by atoms with Gasteiger partial charge in [-0.1, -0.05) is 12.8 Å². The van der Waals surface area contributed by atoms with Gasteiger partial charge in [-0.05, 0) is 25.0 Å². The van der Waals surface area contributed by atoms with Gasteiger partial charge in [-0.2, -0.15) is 5.10 Å². The third-order valence-corrected chi connectivity index (χ3v) is 4.46. The van der Waals surface area contributed by atoms with Crippen LogP contribution in [-0.2, 0) is 13.6 Å². The van der Waals surface area contributed by atoms with Gasteiger partial charge in [0.05, 0.1) is 12.1 Å². The lowest BCUT2D eigenvalue weighted by atomic mass is 10.2. The third kappa shape index (κ3) is 3.72. The molecular weight excluding hydrogens is 304 g/mol. The highest BCUT2D eigenvalue weighted by Gasteiger charge is 2.16. The van der Waals surface area contributed by atoms with Crippen molar-refractivity contribution in [2.24, 2.45) is 7.05 Å². The maximum atomic E-state index is 12.5. The molecule has 7 nitrogen and oxygen atoms in total. The van der Waals surface area contributed by atoms with E-state index < -0.39 is 0 Å². The lowest BCUT2D eigenvalue weighted by Gasteiger charge is -2.22. The molecule has 0 aliphatic carbocycles. The van der Waals surface area contributed by atoms with Crippen LogP contribution in [0.25, 0.3) is 0 Å². The van der Waals surface area contributed by atoms with E-state index in [0.717, 1.165) is 24.7 Å². The summed E-state index contributed by atoms with van der Waals surface area (Å²) in [6.45, 7) is 2.52. The number of amides is 1. The van der Waals surface area contributed by atoms with E-state index in [9.17, 15) is 4.79 Å². The summed E-state index contributed by atoms with van der Waals surface area (Å²) in [6, 6.07) is 3.82.